The van der Waals surface area contributed by atoms with E-state index in [1.54, 1.807) is 0 Å². The predicted molar refractivity (Wildman–Crippen MR) is 90.6 cm³/mol. The minimum absolute atomic E-state index is 0.00940. The van der Waals surface area contributed by atoms with Crippen LogP contribution in [0, 0.1) is 0 Å². The lowest BCUT2D eigenvalue weighted by Gasteiger charge is -2.27. The van der Waals surface area contributed by atoms with Crippen molar-refractivity contribution < 1.29 is 19.3 Å². The van der Waals surface area contributed by atoms with E-state index < -0.39 is 0 Å². The molecule has 4 heteroatoms. The second kappa shape index (κ2) is 7.52. The highest BCUT2D eigenvalue weighted by Gasteiger charge is 2.47. The number of hydrogen-bond donors (Lipinski definition) is 1. The van der Waals surface area contributed by atoms with E-state index in [0.29, 0.717) is 25.4 Å². The highest BCUT2D eigenvalue weighted by Crippen LogP contribution is 2.38. The second-order valence-electron chi connectivity index (χ2n) is 7.44. The fraction of sp³-hybridized carbons (Fsp3) is 0.700. The highest BCUT2D eigenvalue weighted by molar-refractivity contribution is 5.22. The third-order valence-corrected chi connectivity index (χ3v) is 5.55. The van der Waals surface area contributed by atoms with Gasteiger partial charge >= 0.3 is 0 Å². The van der Waals surface area contributed by atoms with E-state index in [4.69, 9.17) is 14.2 Å². The Balaban J connectivity index is 1.27. The molecule has 3 fully saturated rings. The molecular weight excluding hydrogens is 304 g/mol. The Bertz CT molecular complexity index is 519. The van der Waals surface area contributed by atoms with Crippen molar-refractivity contribution in [1.82, 2.24) is 0 Å². The quantitative estimate of drug-likeness (QED) is 0.812. The van der Waals surface area contributed by atoms with Crippen LogP contribution < -0.4 is 0 Å². The third kappa shape index (κ3) is 3.99. The SMILES string of the molecule is OC1CCCCC1OCc1cccc(COC2CCCC3OC23)c1. The molecule has 4 rings (SSSR count). The molecule has 0 amide bonds. The van der Waals surface area contributed by atoms with Gasteiger partial charge in [-0.25, -0.2) is 0 Å². The van der Waals surface area contributed by atoms with E-state index in [-0.39, 0.29) is 18.3 Å². The summed E-state index contributed by atoms with van der Waals surface area (Å²) in [5.74, 6) is 0. The van der Waals surface area contributed by atoms with Crippen molar-refractivity contribution in [3.8, 4) is 0 Å². The molecule has 2 saturated carbocycles. The van der Waals surface area contributed by atoms with Crippen LogP contribution in [0.4, 0.5) is 0 Å². The Labute approximate surface area is 144 Å². The Hall–Kier alpha value is -0.940. The standard InChI is InChI=1S/C20H28O4/c21-16-7-1-2-8-17(16)22-12-14-5-3-6-15(11-14)13-23-18-9-4-10-19-20(18)24-19/h3,5-6,11,16-21H,1-2,4,7-10,12-13H2. The van der Waals surface area contributed by atoms with Crippen LogP contribution in [0.1, 0.15) is 56.1 Å². The number of benzene rings is 1. The summed E-state index contributed by atoms with van der Waals surface area (Å²) in [5.41, 5.74) is 2.33. The molecule has 1 aromatic carbocycles. The molecule has 0 radical (unpaired) electrons. The summed E-state index contributed by atoms with van der Waals surface area (Å²) < 4.78 is 17.7. The minimum atomic E-state index is -0.303. The molecule has 4 nitrogen and oxygen atoms in total. The molecule has 1 aromatic rings. The topological polar surface area (TPSA) is 51.2 Å². The summed E-state index contributed by atoms with van der Waals surface area (Å²) in [7, 11) is 0. The fourth-order valence-corrected chi connectivity index (χ4v) is 4.07. The van der Waals surface area contributed by atoms with Crippen molar-refractivity contribution in [2.45, 2.75) is 88.7 Å². The lowest BCUT2D eigenvalue weighted by molar-refractivity contribution is -0.0662. The molecule has 24 heavy (non-hydrogen) atoms. The number of rotatable bonds is 6. The first-order valence-corrected chi connectivity index (χ1v) is 9.44. The van der Waals surface area contributed by atoms with Gasteiger partial charge in [0.25, 0.3) is 0 Å². The van der Waals surface area contributed by atoms with Gasteiger partial charge in [-0.1, -0.05) is 37.1 Å². The maximum atomic E-state index is 10.0. The second-order valence-corrected chi connectivity index (χ2v) is 7.44. The van der Waals surface area contributed by atoms with Gasteiger partial charge < -0.3 is 19.3 Å². The lowest BCUT2D eigenvalue weighted by atomic mass is 9.95. The summed E-state index contributed by atoms with van der Waals surface area (Å²) in [6, 6.07) is 8.40. The van der Waals surface area contributed by atoms with E-state index in [1.165, 1.54) is 18.4 Å². The third-order valence-electron chi connectivity index (χ3n) is 5.55. The zero-order chi connectivity index (χ0) is 16.4. The number of hydrogen-bond acceptors (Lipinski definition) is 4. The smallest absolute Gasteiger partial charge is 0.110 e. The monoisotopic (exact) mass is 332 g/mol. The van der Waals surface area contributed by atoms with Crippen LogP contribution in [0.15, 0.2) is 24.3 Å². The fourth-order valence-electron chi connectivity index (χ4n) is 4.07. The minimum Gasteiger partial charge on any atom is -0.390 e. The maximum absolute atomic E-state index is 10.0. The molecule has 1 aliphatic heterocycles. The molecule has 0 bridgehead atoms. The maximum Gasteiger partial charge on any atom is 0.110 e. The van der Waals surface area contributed by atoms with Gasteiger partial charge in [-0.3, -0.25) is 0 Å². The summed E-state index contributed by atoms with van der Waals surface area (Å²) in [5, 5.41) is 10.0. The van der Waals surface area contributed by atoms with Crippen LogP contribution in [-0.2, 0) is 27.4 Å². The number of fused-ring (bicyclic) bond motifs is 1. The molecule has 5 unspecified atom stereocenters. The summed E-state index contributed by atoms with van der Waals surface area (Å²) in [4.78, 5) is 0. The van der Waals surface area contributed by atoms with Crippen molar-refractivity contribution in [3.63, 3.8) is 0 Å². The zero-order valence-corrected chi connectivity index (χ0v) is 14.2. The predicted octanol–water partition coefficient (Wildman–Crippen LogP) is 3.34. The molecule has 1 heterocycles. The largest absolute Gasteiger partial charge is 0.390 e. The van der Waals surface area contributed by atoms with Crippen LogP contribution >= 0.6 is 0 Å². The molecule has 5 atom stereocenters. The van der Waals surface area contributed by atoms with Crippen molar-refractivity contribution in [1.29, 1.82) is 0 Å². The van der Waals surface area contributed by atoms with Crippen molar-refractivity contribution >= 4 is 0 Å². The first kappa shape index (κ1) is 16.5. The Kier molecular flexibility index (Phi) is 5.18. The van der Waals surface area contributed by atoms with Crippen LogP contribution in [0.25, 0.3) is 0 Å². The molecule has 132 valence electrons. The van der Waals surface area contributed by atoms with Crippen molar-refractivity contribution in [2.75, 3.05) is 0 Å². The average molecular weight is 332 g/mol. The van der Waals surface area contributed by atoms with E-state index >= 15 is 0 Å². The Morgan fingerprint density at radius 2 is 1.62 bits per heavy atom. The molecule has 0 spiro atoms. The van der Waals surface area contributed by atoms with Crippen LogP contribution in [0.2, 0.25) is 0 Å². The zero-order valence-electron chi connectivity index (χ0n) is 14.2. The van der Waals surface area contributed by atoms with Gasteiger partial charge in [-0.2, -0.15) is 0 Å². The Morgan fingerprint density at radius 3 is 2.42 bits per heavy atom. The number of aliphatic hydroxyl groups is 1. The molecular formula is C20H28O4. The number of ether oxygens (including phenoxy) is 3. The van der Waals surface area contributed by atoms with E-state index in [1.807, 2.05) is 0 Å². The van der Waals surface area contributed by atoms with Crippen LogP contribution in [0.3, 0.4) is 0 Å². The average Bonchev–Trinajstić information content (AvgIpc) is 3.40. The van der Waals surface area contributed by atoms with Crippen molar-refractivity contribution in [2.24, 2.45) is 0 Å². The van der Waals surface area contributed by atoms with E-state index in [9.17, 15) is 5.11 Å². The highest BCUT2D eigenvalue weighted by atomic mass is 16.6. The van der Waals surface area contributed by atoms with Crippen molar-refractivity contribution in [3.05, 3.63) is 35.4 Å². The molecule has 2 aliphatic carbocycles. The van der Waals surface area contributed by atoms with Gasteiger partial charge in [0.1, 0.15) is 6.10 Å². The number of epoxide rings is 1. The van der Waals surface area contributed by atoms with E-state index in [2.05, 4.69) is 24.3 Å². The molecule has 1 saturated heterocycles. The van der Waals surface area contributed by atoms with Crippen LogP contribution in [-0.4, -0.2) is 35.6 Å². The van der Waals surface area contributed by atoms with Gasteiger partial charge in [-0.05, 0) is 43.2 Å². The first-order valence-electron chi connectivity index (χ1n) is 9.44. The molecule has 3 aliphatic rings. The van der Waals surface area contributed by atoms with Crippen LogP contribution in [0.5, 0.6) is 0 Å². The Morgan fingerprint density at radius 1 is 0.917 bits per heavy atom. The normalized spacial score (nSPS) is 35.5. The lowest BCUT2D eigenvalue weighted by Crippen LogP contribution is -2.32. The molecule has 1 N–H and O–H groups in total. The van der Waals surface area contributed by atoms with Gasteiger partial charge in [0.05, 0.1) is 37.6 Å². The van der Waals surface area contributed by atoms with Gasteiger partial charge in [0.15, 0.2) is 0 Å². The summed E-state index contributed by atoms with van der Waals surface area (Å²) >= 11 is 0. The summed E-state index contributed by atoms with van der Waals surface area (Å²) in [6.45, 7) is 1.20. The summed E-state index contributed by atoms with van der Waals surface area (Å²) in [6.07, 6.45) is 8.38. The van der Waals surface area contributed by atoms with E-state index in [0.717, 1.165) is 37.7 Å². The number of aliphatic hydroxyl groups excluding tert-OH is 1. The van der Waals surface area contributed by atoms with Gasteiger partial charge in [-0.15, -0.1) is 0 Å². The molecule has 0 aromatic heterocycles. The van der Waals surface area contributed by atoms with Gasteiger partial charge in [0, 0.05) is 0 Å². The van der Waals surface area contributed by atoms with Gasteiger partial charge in [0.2, 0.25) is 0 Å². The first-order chi connectivity index (χ1) is 11.8.